The van der Waals surface area contributed by atoms with Gasteiger partial charge in [0.25, 0.3) is 0 Å². The van der Waals surface area contributed by atoms with Crippen molar-refractivity contribution in [2.75, 3.05) is 5.32 Å². The van der Waals surface area contributed by atoms with Crippen molar-refractivity contribution in [1.82, 2.24) is 9.97 Å². The Bertz CT molecular complexity index is 870. The first-order valence-electron chi connectivity index (χ1n) is 7.30. The van der Waals surface area contributed by atoms with Crippen LogP contribution >= 0.6 is 0 Å². The van der Waals surface area contributed by atoms with Gasteiger partial charge < -0.3 is 10.4 Å². The van der Waals surface area contributed by atoms with E-state index in [0.717, 1.165) is 11.3 Å². The van der Waals surface area contributed by atoms with E-state index in [1.165, 1.54) is 12.4 Å². The minimum Gasteiger partial charge on any atom is -0.478 e. The lowest BCUT2D eigenvalue weighted by Gasteiger charge is -2.21. The Labute approximate surface area is 138 Å². The molecule has 2 N–H and O–H groups in total. The SMILES string of the molecule is C[C@]1(C(=O)Nc2ccc(C#N)cn2)Cc2cc(C(=O)O)cnc2C1. The smallest absolute Gasteiger partial charge is 0.337 e. The summed E-state index contributed by atoms with van der Waals surface area (Å²) in [5, 5.41) is 20.5. The first-order valence-corrected chi connectivity index (χ1v) is 7.30. The van der Waals surface area contributed by atoms with Crippen molar-refractivity contribution >= 4 is 17.7 Å². The van der Waals surface area contributed by atoms with E-state index in [1.54, 1.807) is 18.2 Å². The Morgan fingerprint density at radius 2 is 2.08 bits per heavy atom. The van der Waals surface area contributed by atoms with E-state index < -0.39 is 11.4 Å². The van der Waals surface area contributed by atoms with Gasteiger partial charge >= 0.3 is 5.97 Å². The zero-order valence-corrected chi connectivity index (χ0v) is 12.9. The van der Waals surface area contributed by atoms with E-state index in [2.05, 4.69) is 15.3 Å². The first-order chi connectivity index (χ1) is 11.4. The number of anilines is 1. The second kappa shape index (κ2) is 5.74. The number of nitriles is 1. The van der Waals surface area contributed by atoms with Crippen molar-refractivity contribution in [2.24, 2.45) is 5.41 Å². The summed E-state index contributed by atoms with van der Waals surface area (Å²) in [4.78, 5) is 31.9. The Morgan fingerprint density at radius 1 is 1.29 bits per heavy atom. The molecule has 1 aliphatic rings. The number of amides is 1. The third kappa shape index (κ3) is 2.82. The molecule has 120 valence electrons. The van der Waals surface area contributed by atoms with Gasteiger partial charge in [0.2, 0.25) is 5.91 Å². The zero-order valence-electron chi connectivity index (χ0n) is 12.9. The number of fused-ring (bicyclic) bond motifs is 1. The molecule has 0 saturated heterocycles. The summed E-state index contributed by atoms with van der Waals surface area (Å²) in [5.41, 5.74) is 1.33. The lowest BCUT2D eigenvalue weighted by Crippen LogP contribution is -2.34. The number of pyridine rings is 2. The normalized spacial score (nSPS) is 18.5. The van der Waals surface area contributed by atoms with Gasteiger partial charge in [-0.05, 0) is 30.2 Å². The molecule has 0 fully saturated rings. The van der Waals surface area contributed by atoms with Crippen LogP contribution in [0.15, 0.2) is 30.6 Å². The number of carboxylic acid groups (broad SMARTS) is 1. The molecule has 0 aliphatic heterocycles. The molecule has 24 heavy (non-hydrogen) atoms. The average molecular weight is 322 g/mol. The van der Waals surface area contributed by atoms with E-state index in [-0.39, 0.29) is 11.5 Å². The van der Waals surface area contributed by atoms with Gasteiger partial charge in [0, 0.05) is 24.5 Å². The van der Waals surface area contributed by atoms with Crippen molar-refractivity contribution < 1.29 is 14.7 Å². The summed E-state index contributed by atoms with van der Waals surface area (Å²) < 4.78 is 0. The highest BCUT2D eigenvalue weighted by atomic mass is 16.4. The fourth-order valence-corrected chi connectivity index (χ4v) is 2.78. The second-order valence-electron chi connectivity index (χ2n) is 6.05. The molecular formula is C17H14N4O3. The van der Waals surface area contributed by atoms with Gasteiger partial charge in [0.1, 0.15) is 11.9 Å². The Kier molecular flexibility index (Phi) is 3.73. The summed E-state index contributed by atoms with van der Waals surface area (Å²) in [6, 6.07) is 6.69. The number of carboxylic acids is 1. The molecule has 1 atom stereocenters. The number of carbonyl (C=O) groups is 2. The quantitative estimate of drug-likeness (QED) is 0.890. The molecule has 7 nitrogen and oxygen atoms in total. The Hall–Kier alpha value is -3.27. The summed E-state index contributed by atoms with van der Waals surface area (Å²) in [7, 11) is 0. The van der Waals surface area contributed by atoms with Crippen molar-refractivity contribution in [3.63, 3.8) is 0 Å². The van der Waals surface area contributed by atoms with E-state index >= 15 is 0 Å². The molecule has 1 aliphatic carbocycles. The number of hydrogen-bond acceptors (Lipinski definition) is 5. The molecule has 0 spiro atoms. The van der Waals surface area contributed by atoms with Crippen molar-refractivity contribution in [2.45, 2.75) is 19.8 Å². The Morgan fingerprint density at radius 3 is 2.71 bits per heavy atom. The summed E-state index contributed by atoms with van der Waals surface area (Å²) in [5.74, 6) is -0.880. The van der Waals surface area contributed by atoms with Crippen LogP contribution in [0.1, 0.15) is 34.1 Å². The fourth-order valence-electron chi connectivity index (χ4n) is 2.78. The standard InChI is InChI=1S/C17H14N4O3/c1-17(16(24)21-14-3-2-10(7-18)8-20-14)5-11-4-12(15(22)23)9-19-13(11)6-17/h2-4,8-9H,5-6H2,1H3,(H,22,23)(H,20,21,24)/t17-/m0/s1. The third-order valence-electron chi connectivity index (χ3n) is 4.13. The highest BCUT2D eigenvalue weighted by molar-refractivity contribution is 5.95. The van der Waals surface area contributed by atoms with E-state index in [4.69, 9.17) is 10.4 Å². The van der Waals surface area contributed by atoms with Crippen LogP contribution in [0.3, 0.4) is 0 Å². The number of carbonyl (C=O) groups excluding carboxylic acids is 1. The lowest BCUT2D eigenvalue weighted by atomic mass is 9.86. The number of aromatic nitrogens is 2. The minimum absolute atomic E-state index is 0.118. The molecule has 2 aromatic rings. The predicted octanol–water partition coefficient (Wildman–Crippen LogP) is 1.79. The summed E-state index contributed by atoms with van der Waals surface area (Å²) >= 11 is 0. The van der Waals surface area contributed by atoms with Crippen molar-refractivity contribution in [1.29, 1.82) is 5.26 Å². The van der Waals surface area contributed by atoms with Gasteiger partial charge in [-0.1, -0.05) is 6.92 Å². The number of rotatable bonds is 3. The number of nitrogens with zero attached hydrogens (tertiary/aromatic N) is 3. The van der Waals surface area contributed by atoms with Gasteiger partial charge in [-0.25, -0.2) is 9.78 Å². The summed E-state index contributed by atoms with van der Waals surface area (Å²) in [6.07, 6.45) is 3.55. The largest absolute Gasteiger partial charge is 0.478 e. The van der Waals surface area contributed by atoms with Crippen LogP contribution in [-0.4, -0.2) is 27.0 Å². The molecule has 0 saturated carbocycles. The van der Waals surface area contributed by atoms with E-state index in [0.29, 0.717) is 24.2 Å². The van der Waals surface area contributed by atoms with Crippen LogP contribution in [0.4, 0.5) is 5.82 Å². The number of hydrogen-bond donors (Lipinski definition) is 2. The van der Waals surface area contributed by atoms with Gasteiger partial charge in [-0.15, -0.1) is 0 Å². The molecule has 0 radical (unpaired) electrons. The lowest BCUT2D eigenvalue weighted by molar-refractivity contribution is -0.124. The maximum absolute atomic E-state index is 12.6. The molecule has 0 bridgehead atoms. The van der Waals surface area contributed by atoms with Crippen LogP contribution in [0.25, 0.3) is 0 Å². The number of aromatic carboxylic acids is 1. The molecule has 2 heterocycles. The van der Waals surface area contributed by atoms with Gasteiger partial charge in [-0.3, -0.25) is 9.78 Å². The van der Waals surface area contributed by atoms with Crippen molar-refractivity contribution in [3.05, 3.63) is 53.0 Å². The molecule has 0 aromatic carbocycles. The maximum Gasteiger partial charge on any atom is 0.337 e. The topological polar surface area (TPSA) is 116 Å². The zero-order chi connectivity index (χ0) is 17.3. The second-order valence-corrected chi connectivity index (χ2v) is 6.05. The third-order valence-corrected chi connectivity index (χ3v) is 4.13. The highest BCUT2D eigenvalue weighted by Gasteiger charge is 2.40. The Balaban J connectivity index is 1.77. The van der Waals surface area contributed by atoms with Gasteiger partial charge in [0.15, 0.2) is 0 Å². The van der Waals surface area contributed by atoms with Crippen LogP contribution in [0, 0.1) is 16.7 Å². The van der Waals surface area contributed by atoms with Crippen LogP contribution in [0.5, 0.6) is 0 Å². The van der Waals surface area contributed by atoms with Crippen LogP contribution < -0.4 is 5.32 Å². The maximum atomic E-state index is 12.6. The van der Waals surface area contributed by atoms with E-state index in [9.17, 15) is 9.59 Å². The summed E-state index contributed by atoms with van der Waals surface area (Å²) in [6.45, 7) is 1.81. The first kappa shape index (κ1) is 15.6. The molecular weight excluding hydrogens is 308 g/mol. The molecule has 2 aromatic heterocycles. The van der Waals surface area contributed by atoms with Crippen LogP contribution in [-0.2, 0) is 17.6 Å². The van der Waals surface area contributed by atoms with Gasteiger partial charge in [-0.2, -0.15) is 5.26 Å². The predicted molar refractivity (Wildman–Crippen MR) is 84.3 cm³/mol. The van der Waals surface area contributed by atoms with E-state index in [1.807, 2.05) is 13.0 Å². The highest BCUT2D eigenvalue weighted by Crippen LogP contribution is 2.36. The van der Waals surface area contributed by atoms with Gasteiger partial charge in [0.05, 0.1) is 16.5 Å². The molecule has 3 rings (SSSR count). The average Bonchev–Trinajstić information content (AvgIpc) is 2.92. The minimum atomic E-state index is -1.04. The monoisotopic (exact) mass is 322 g/mol. The number of nitrogens with one attached hydrogen (secondary N) is 1. The molecule has 0 unspecified atom stereocenters. The fraction of sp³-hybridized carbons (Fsp3) is 0.235. The van der Waals surface area contributed by atoms with Crippen molar-refractivity contribution in [3.8, 4) is 6.07 Å². The molecule has 1 amide bonds. The van der Waals surface area contributed by atoms with Crippen LogP contribution in [0.2, 0.25) is 0 Å². The molecule has 7 heteroatoms.